The number of rotatable bonds is 5. The first kappa shape index (κ1) is 24.1. The maximum atomic E-state index is 12.3. The van der Waals surface area contributed by atoms with Crippen LogP contribution in [0.4, 0.5) is 13.2 Å². The van der Waals surface area contributed by atoms with Gasteiger partial charge in [-0.25, -0.2) is 4.79 Å². The second-order valence-electron chi connectivity index (χ2n) is 7.43. The Bertz CT molecular complexity index is 656. The van der Waals surface area contributed by atoms with E-state index in [9.17, 15) is 18.0 Å². The Morgan fingerprint density at radius 1 is 1.10 bits per heavy atom. The van der Waals surface area contributed by atoms with Gasteiger partial charge in [0.15, 0.2) is 0 Å². The minimum Gasteiger partial charge on any atom is -0.475 e. The van der Waals surface area contributed by atoms with Gasteiger partial charge in [0.2, 0.25) is 5.91 Å². The van der Waals surface area contributed by atoms with Crippen LogP contribution >= 0.6 is 0 Å². The molecule has 1 aromatic rings. The number of aliphatic carboxylic acids is 1. The highest BCUT2D eigenvalue weighted by molar-refractivity contribution is 5.81. The van der Waals surface area contributed by atoms with E-state index in [0.717, 1.165) is 25.9 Å². The van der Waals surface area contributed by atoms with E-state index >= 15 is 0 Å². The monoisotopic (exact) mass is 430 g/mol. The zero-order chi connectivity index (χ0) is 22.0. The van der Waals surface area contributed by atoms with Crippen molar-refractivity contribution >= 4 is 11.9 Å². The molecule has 6 nitrogen and oxygen atoms in total. The average molecular weight is 430 g/mol. The third kappa shape index (κ3) is 7.95. The van der Waals surface area contributed by atoms with Crippen LogP contribution in [0.15, 0.2) is 30.3 Å². The summed E-state index contributed by atoms with van der Waals surface area (Å²) >= 11 is 0. The molecule has 2 fully saturated rings. The number of likely N-dealkylation sites (tertiary alicyclic amines) is 1. The molecule has 2 atom stereocenters. The highest BCUT2D eigenvalue weighted by atomic mass is 19.4. The van der Waals surface area contributed by atoms with Crippen molar-refractivity contribution in [1.82, 2.24) is 10.2 Å². The Hall–Kier alpha value is -2.13. The first-order chi connectivity index (χ1) is 14.3. The zero-order valence-electron chi connectivity index (χ0n) is 16.9. The standard InChI is InChI=1S/C19H28N2O2.C2HF3O2/c22-19(18-11-8-14-23-18)20-15-17(16-9-4-3-5-10-16)21-12-6-1-2-7-13-21;3-2(4,5)1(6)7/h3-5,9-10,17-18H,1-2,6-8,11-15H2,(H,20,22);(H,6,7)/t17?,18-;/m0./s1. The van der Waals surface area contributed by atoms with E-state index in [0.29, 0.717) is 13.2 Å². The number of carbonyl (C=O) groups excluding carboxylic acids is 1. The molecule has 168 valence electrons. The van der Waals surface area contributed by atoms with Crippen LogP contribution < -0.4 is 5.32 Å². The molecule has 0 aliphatic carbocycles. The molecular weight excluding hydrogens is 401 g/mol. The van der Waals surface area contributed by atoms with E-state index < -0.39 is 12.1 Å². The normalized spacial score (nSPS) is 21.1. The summed E-state index contributed by atoms with van der Waals surface area (Å²) in [4.78, 5) is 23.7. The van der Waals surface area contributed by atoms with Gasteiger partial charge in [-0.05, 0) is 44.3 Å². The third-order valence-corrected chi connectivity index (χ3v) is 5.20. The Labute approximate surface area is 174 Å². The molecule has 3 rings (SSSR count). The van der Waals surface area contributed by atoms with Crippen molar-refractivity contribution < 1.29 is 32.6 Å². The maximum absolute atomic E-state index is 12.3. The van der Waals surface area contributed by atoms with Gasteiger partial charge in [-0.3, -0.25) is 9.69 Å². The van der Waals surface area contributed by atoms with Crippen LogP contribution in [0.5, 0.6) is 0 Å². The molecule has 0 radical (unpaired) electrons. The van der Waals surface area contributed by atoms with Gasteiger partial charge < -0.3 is 15.2 Å². The lowest BCUT2D eigenvalue weighted by atomic mass is 10.0. The number of nitrogens with zero attached hydrogens (tertiary/aromatic N) is 1. The summed E-state index contributed by atoms with van der Waals surface area (Å²) in [5, 5.41) is 10.3. The minimum absolute atomic E-state index is 0.0539. The Kier molecular flexibility index (Phi) is 9.58. The number of carbonyl (C=O) groups is 2. The lowest BCUT2D eigenvalue weighted by molar-refractivity contribution is -0.192. The van der Waals surface area contributed by atoms with E-state index in [4.69, 9.17) is 14.6 Å². The number of nitrogens with one attached hydrogen (secondary N) is 1. The Morgan fingerprint density at radius 3 is 2.20 bits per heavy atom. The SMILES string of the molecule is O=C(NCC(c1ccccc1)N1CCCCCC1)[C@@H]1CCCO1.O=C(O)C(F)(F)F. The van der Waals surface area contributed by atoms with Crippen molar-refractivity contribution in [3.05, 3.63) is 35.9 Å². The fourth-order valence-electron chi connectivity index (χ4n) is 3.64. The summed E-state index contributed by atoms with van der Waals surface area (Å²) in [6.07, 6.45) is 1.67. The number of carboxylic acid groups (broad SMARTS) is 1. The number of ether oxygens (including phenoxy) is 1. The number of benzene rings is 1. The predicted molar refractivity (Wildman–Crippen MR) is 105 cm³/mol. The second kappa shape index (κ2) is 11.9. The topological polar surface area (TPSA) is 78.9 Å². The number of alkyl halides is 3. The van der Waals surface area contributed by atoms with Crippen molar-refractivity contribution in [2.45, 2.75) is 56.8 Å². The van der Waals surface area contributed by atoms with Crippen molar-refractivity contribution in [2.75, 3.05) is 26.2 Å². The first-order valence-electron chi connectivity index (χ1n) is 10.3. The molecule has 30 heavy (non-hydrogen) atoms. The van der Waals surface area contributed by atoms with Crippen LogP contribution in [-0.2, 0) is 14.3 Å². The smallest absolute Gasteiger partial charge is 0.475 e. The van der Waals surface area contributed by atoms with E-state index in [1.807, 2.05) is 6.07 Å². The lowest BCUT2D eigenvalue weighted by Gasteiger charge is -2.31. The molecule has 2 aliphatic heterocycles. The molecule has 2 N–H and O–H groups in total. The van der Waals surface area contributed by atoms with Crippen LogP contribution in [0.25, 0.3) is 0 Å². The summed E-state index contributed by atoms with van der Waals surface area (Å²) in [7, 11) is 0. The number of carboxylic acids is 1. The van der Waals surface area contributed by atoms with Crippen LogP contribution in [0.3, 0.4) is 0 Å². The highest BCUT2D eigenvalue weighted by Crippen LogP contribution is 2.24. The Balaban J connectivity index is 0.000000396. The van der Waals surface area contributed by atoms with Gasteiger partial charge in [0.1, 0.15) is 6.10 Å². The number of hydrogen-bond acceptors (Lipinski definition) is 4. The van der Waals surface area contributed by atoms with Gasteiger partial charge in [-0.1, -0.05) is 43.2 Å². The summed E-state index contributed by atoms with van der Waals surface area (Å²) in [6, 6.07) is 10.8. The summed E-state index contributed by atoms with van der Waals surface area (Å²) in [6.45, 7) is 3.62. The van der Waals surface area contributed by atoms with Gasteiger partial charge >= 0.3 is 12.1 Å². The van der Waals surface area contributed by atoms with Gasteiger partial charge in [-0.15, -0.1) is 0 Å². The summed E-state index contributed by atoms with van der Waals surface area (Å²) in [5.41, 5.74) is 1.29. The van der Waals surface area contributed by atoms with Gasteiger partial charge in [0, 0.05) is 13.2 Å². The van der Waals surface area contributed by atoms with E-state index in [1.54, 1.807) is 0 Å². The van der Waals surface area contributed by atoms with Crippen molar-refractivity contribution in [3.63, 3.8) is 0 Å². The van der Waals surface area contributed by atoms with Crippen molar-refractivity contribution in [3.8, 4) is 0 Å². The Morgan fingerprint density at radius 2 is 1.70 bits per heavy atom. The minimum atomic E-state index is -5.08. The quantitative estimate of drug-likeness (QED) is 0.747. The molecule has 2 saturated heterocycles. The molecule has 9 heteroatoms. The van der Waals surface area contributed by atoms with Crippen molar-refractivity contribution in [1.29, 1.82) is 0 Å². The molecule has 2 aliphatic rings. The lowest BCUT2D eigenvalue weighted by Crippen LogP contribution is -2.42. The molecule has 1 aromatic carbocycles. The van der Waals surface area contributed by atoms with Gasteiger partial charge in [-0.2, -0.15) is 13.2 Å². The third-order valence-electron chi connectivity index (χ3n) is 5.20. The van der Waals surface area contributed by atoms with Gasteiger partial charge in [0.05, 0.1) is 6.04 Å². The second-order valence-corrected chi connectivity index (χ2v) is 7.43. The summed E-state index contributed by atoms with van der Waals surface area (Å²) < 4.78 is 37.2. The van der Waals surface area contributed by atoms with Crippen LogP contribution in [0.1, 0.15) is 50.1 Å². The van der Waals surface area contributed by atoms with E-state index in [2.05, 4.69) is 34.5 Å². The van der Waals surface area contributed by atoms with Crippen LogP contribution in [0, 0.1) is 0 Å². The van der Waals surface area contributed by atoms with Crippen LogP contribution in [-0.4, -0.2) is 60.4 Å². The number of halogens is 3. The highest BCUT2D eigenvalue weighted by Gasteiger charge is 2.38. The molecule has 1 amide bonds. The first-order valence-corrected chi connectivity index (χ1v) is 10.3. The zero-order valence-corrected chi connectivity index (χ0v) is 16.9. The molecule has 0 saturated carbocycles. The van der Waals surface area contributed by atoms with E-state index in [1.165, 1.54) is 31.2 Å². The molecule has 0 spiro atoms. The molecule has 2 heterocycles. The van der Waals surface area contributed by atoms with Crippen LogP contribution in [0.2, 0.25) is 0 Å². The molecule has 1 unspecified atom stereocenters. The largest absolute Gasteiger partial charge is 0.490 e. The molecule has 0 aromatic heterocycles. The molecular formula is C21H29F3N2O4. The number of hydrogen-bond donors (Lipinski definition) is 2. The maximum Gasteiger partial charge on any atom is 0.490 e. The number of amides is 1. The van der Waals surface area contributed by atoms with Crippen molar-refractivity contribution in [2.24, 2.45) is 0 Å². The fourth-order valence-corrected chi connectivity index (χ4v) is 3.64. The van der Waals surface area contributed by atoms with E-state index in [-0.39, 0.29) is 18.1 Å². The fraction of sp³-hybridized carbons (Fsp3) is 0.619. The van der Waals surface area contributed by atoms with Gasteiger partial charge in [0.25, 0.3) is 0 Å². The predicted octanol–water partition coefficient (Wildman–Crippen LogP) is 3.53. The average Bonchev–Trinajstić information content (AvgIpc) is 3.13. The molecule has 0 bridgehead atoms. The summed E-state index contributed by atoms with van der Waals surface area (Å²) in [5.74, 6) is -2.70.